The zero-order chi connectivity index (χ0) is 14.0. The Bertz CT molecular complexity index is 478. The van der Waals surface area contributed by atoms with Crippen LogP contribution in [-0.4, -0.2) is 31.2 Å². The fourth-order valence-corrected chi connectivity index (χ4v) is 2.50. The van der Waals surface area contributed by atoms with Crippen LogP contribution in [0.3, 0.4) is 0 Å². The molecule has 0 radical (unpaired) electrons. The summed E-state index contributed by atoms with van der Waals surface area (Å²) >= 11 is 0. The van der Waals surface area contributed by atoms with Crippen molar-refractivity contribution in [2.75, 3.05) is 25.1 Å². The third-order valence-corrected chi connectivity index (χ3v) is 3.69. The Kier molecular flexibility index (Phi) is 3.90. The molecule has 0 spiro atoms. The van der Waals surface area contributed by atoms with Crippen LogP contribution in [0.1, 0.15) is 13.3 Å². The summed E-state index contributed by atoms with van der Waals surface area (Å²) in [5, 5.41) is 11.3. The number of benzene rings is 1. The topological polar surface area (TPSA) is 81.6 Å². The molecule has 1 aromatic carbocycles. The maximum atomic E-state index is 11.3. The number of nitro benzene ring substituents is 1. The number of anilines is 1. The molecule has 104 valence electrons. The van der Waals surface area contributed by atoms with Gasteiger partial charge in [0.2, 0.25) is 0 Å². The minimum Gasteiger partial charge on any atom is -0.490 e. The number of methoxy groups -OCH3 is 1. The lowest BCUT2D eigenvalue weighted by atomic mass is 9.94. The Morgan fingerprint density at radius 2 is 2.26 bits per heavy atom. The molecule has 6 heteroatoms. The van der Waals surface area contributed by atoms with Crippen LogP contribution in [0.15, 0.2) is 18.2 Å². The van der Waals surface area contributed by atoms with Crippen molar-refractivity contribution in [3.8, 4) is 5.75 Å². The highest BCUT2D eigenvalue weighted by molar-refractivity contribution is 5.70. The minimum atomic E-state index is -0.382. The van der Waals surface area contributed by atoms with Crippen molar-refractivity contribution in [1.29, 1.82) is 0 Å². The summed E-state index contributed by atoms with van der Waals surface area (Å²) in [6.07, 6.45) is 0.843. The van der Waals surface area contributed by atoms with Crippen molar-refractivity contribution in [3.05, 3.63) is 28.3 Å². The summed E-state index contributed by atoms with van der Waals surface area (Å²) in [7, 11) is 1.45. The Morgan fingerprint density at radius 1 is 1.53 bits per heavy atom. The second kappa shape index (κ2) is 5.44. The fourth-order valence-electron chi connectivity index (χ4n) is 2.50. The van der Waals surface area contributed by atoms with Crippen LogP contribution in [0.4, 0.5) is 11.4 Å². The van der Waals surface area contributed by atoms with E-state index in [0.717, 1.165) is 19.5 Å². The van der Waals surface area contributed by atoms with Gasteiger partial charge in [-0.3, -0.25) is 10.1 Å². The highest BCUT2D eigenvalue weighted by Gasteiger charge is 2.29. The molecule has 0 amide bonds. The largest absolute Gasteiger partial charge is 0.490 e. The van der Waals surface area contributed by atoms with E-state index < -0.39 is 0 Å². The van der Waals surface area contributed by atoms with Gasteiger partial charge in [-0.05, 0) is 24.5 Å². The second-order valence-electron chi connectivity index (χ2n) is 4.96. The standard InChI is InChI=1S/C13H19N3O3/c1-9-8-15(7-6-10(9)14)11-4-3-5-12(19-2)13(11)16(17)18/h3-5,9-10H,6-8,14H2,1-2H3. The quantitative estimate of drug-likeness (QED) is 0.665. The molecular formula is C13H19N3O3. The van der Waals surface area contributed by atoms with E-state index in [1.807, 2.05) is 4.90 Å². The average Bonchev–Trinajstić information content (AvgIpc) is 2.40. The Balaban J connectivity index is 2.37. The summed E-state index contributed by atoms with van der Waals surface area (Å²) in [6.45, 7) is 3.54. The molecule has 2 unspecified atom stereocenters. The molecule has 1 heterocycles. The Hall–Kier alpha value is -1.82. The Labute approximate surface area is 112 Å². The molecule has 0 saturated carbocycles. The van der Waals surface area contributed by atoms with Crippen molar-refractivity contribution in [3.63, 3.8) is 0 Å². The van der Waals surface area contributed by atoms with Crippen LogP contribution in [0.5, 0.6) is 5.75 Å². The predicted molar refractivity (Wildman–Crippen MR) is 73.6 cm³/mol. The van der Waals surface area contributed by atoms with Gasteiger partial charge in [0, 0.05) is 19.1 Å². The van der Waals surface area contributed by atoms with Gasteiger partial charge in [0.1, 0.15) is 5.69 Å². The number of hydrogen-bond donors (Lipinski definition) is 1. The van der Waals surface area contributed by atoms with E-state index in [2.05, 4.69) is 6.92 Å². The molecule has 2 N–H and O–H groups in total. The van der Waals surface area contributed by atoms with Crippen LogP contribution < -0.4 is 15.4 Å². The number of nitro groups is 1. The molecular weight excluding hydrogens is 246 g/mol. The molecule has 2 atom stereocenters. The molecule has 1 aliphatic rings. The van der Waals surface area contributed by atoms with E-state index in [1.54, 1.807) is 18.2 Å². The molecule has 1 fully saturated rings. The normalized spacial score (nSPS) is 23.2. The number of para-hydroxylation sites is 1. The van der Waals surface area contributed by atoms with Gasteiger partial charge >= 0.3 is 5.69 Å². The monoisotopic (exact) mass is 265 g/mol. The van der Waals surface area contributed by atoms with Crippen LogP contribution in [-0.2, 0) is 0 Å². The van der Waals surface area contributed by atoms with Crippen molar-refractivity contribution in [1.82, 2.24) is 0 Å². The first kappa shape index (κ1) is 13.6. The zero-order valence-corrected chi connectivity index (χ0v) is 11.2. The number of piperidine rings is 1. The number of hydrogen-bond acceptors (Lipinski definition) is 5. The molecule has 0 aromatic heterocycles. The van der Waals surface area contributed by atoms with Crippen LogP contribution >= 0.6 is 0 Å². The Morgan fingerprint density at radius 3 is 2.84 bits per heavy atom. The highest BCUT2D eigenvalue weighted by Crippen LogP contribution is 2.38. The number of nitrogens with two attached hydrogens (primary N) is 1. The number of nitrogens with zero attached hydrogens (tertiary/aromatic N) is 2. The smallest absolute Gasteiger partial charge is 0.333 e. The summed E-state index contributed by atoms with van der Waals surface area (Å²) in [4.78, 5) is 12.9. The first-order chi connectivity index (χ1) is 9.04. The maximum Gasteiger partial charge on any atom is 0.333 e. The lowest BCUT2D eigenvalue weighted by Crippen LogP contribution is -2.46. The van der Waals surface area contributed by atoms with Crippen molar-refractivity contribution in [2.24, 2.45) is 11.7 Å². The molecule has 0 bridgehead atoms. The summed E-state index contributed by atoms with van der Waals surface area (Å²) < 4.78 is 5.09. The molecule has 1 aliphatic heterocycles. The average molecular weight is 265 g/mol. The van der Waals surface area contributed by atoms with Gasteiger partial charge in [-0.25, -0.2) is 0 Å². The number of ether oxygens (including phenoxy) is 1. The van der Waals surface area contributed by atoms with Gasteiger partial charge in [-0.15, -0.1) is 0 Å². The molecule has 6 nitrogen and oxygen atoms in total. The minimum absolute atomic E-state index is 0.0349. The van der Waals surface area contributed by atoms with Gasteiger partial charge in [0.15, 0.2) is 5.75 Å². The zero-order valence-electron chi connectivity index (χ0n) is 11.2. The second-order valence-corrected chi connectivity index (χ2v) is 4.96. The van der Waals surface area contributed by atoms with Gasteiger partial charge in [0.05, 0.1) is 12.0 Å². The van der Waals surface area contributed by atoms with Crippen molar-refractivity contribution < 1.29 is 9.66 Å². The van der Waals surface area contributed by atoms with E-state index >= 15 is 0 Å². The van der Waals surface area contributed by atoms with Crippen LogP contribution in [0, 0.1) is 16.0 Å². The third-order valence-electron chi connectivity index (χ3n) is 3.69. The van der Waals surface area contributed by atoms with Gasteiger partial charge in [-0.2, -0.15) is 0 Å². The first-order valence-electron chi connectivity index (χ1n) is 6.36. The molecule has 19 heavy (non-hydrogen) atoms. The van der Waals surface area contributed by atoms with E-state index in [4.69, 9.17) is 10.5 Å². The van der Waals surface area contributed by atoms with E-state index in [0.29, 0.717) is 17.4 Å². The van der Waals surface area contributed by atoms with Crippen LogP contribution in [0.2, 0.25) is 0 Å². The lowest BCUT2D eigenvalue weighted by molar-refractivity contribution is -0.385. The SMILES string of the molecule is COc1cccc(N2CCC(N)C(C)C2)c1[N+](=O)[O-]. The predicted octanol–water partition coefficient (Wildman–Crippen LogP) is 1.78. The fraction of sp³-hybridized carbons (Fsp3) is 0.538. The molecule has 1 saturated heterocycles. The van der Waals surface area contributed by atoms with E-state index in [-0.39, 0.29) is 16.7 Å². The first-order valence-corrected chi connectivity index (χ1v) is 6.36. The summed E-state index contributed by atoms with van der Waals surface area (Å²) in [5.74, 6) is 0.615. The van der Waals surface area contributed by atoms with Gasteiger partial charge in [0.25, 0.3) is 0 Å². The summed E-state index contributed by atoms with van der Waals surface area (Å²) in [5.41, 5.74) is 6.64. The lowest BCUT2D eigenvalue weighted by Gasteiger charge is -2.36. The van der Waals surface area contributed by atoms with Gasteiger partial charge in [-0.1, -0.05) is 13.0 Å². The third kappa shape index (κ3) is 2.63. The van der Waals surface area contributed by atoms with E-state index in [9.17, 15) is 10.1 Å². The maximum absolute atomic E-state index is 11.3. The highest BCUT2D eigenvalue weighted by atomic mass is 16.6. The molecule has 1 aromatic rings. The van der Waals surface area contributed by atoms with Gasteiger partial charge < -0.3 is 15.4 Å². The van der Waals surface area contributed by atoms with E-state index in [1.165, 1.54) is 7.11 Å². The molecule has 2 rings (SSSR count). The molecule has 0 aliphatic carbocycles. The number of rotatable bonds is 3. The van der Waals surface area contributed by atoms with Crippen molar-refractivity contribution >= 4 is 11.4 Å². The summed E-state index contributed by atoms with van der Waals surface area (Å²) in [6, 6.07) is 5.33. The van der Waals surface area contributed by atoms with Crippen molar-refractivity contribution in [2.45, 2.75) is 19.4 Å². The van der Waals surface area contributed by atoms with Crippen LogP contribution in [0.25, 0.3) is 0 Å².